The third-order valence-electron chi connectivity index (χ3n) is 1.30. The molecule has 1 rings (SSSR count). The van der Waals surface area contributed by atoms with Gasteiger partial charge in [0.25, 0.3) is 0 Å². The molecule has 1 N–H and O–H groups in total. The van der Waals surface area contributed by atoms with E-state index in [1.54, 1.807) is 0 Å². The average molecular weight is 114 g/mol. The van der Waals surface area contributed by atoms with Gasteiger partial charge in [0.2, 0.25) is 5.91 Å². The van der Waals surface area contributed by atoms with Crippen LogP contribution in [-0.4, -0.2) is 19.1 Å². The Bertz CT molecular complexity index is 96.6. The Hall–Kier alpha value is -0.570. The van der Waals surface area contributed by atoms with Crippen molar-refractivity contribution in [1.29, 1.82) is 0 Å². The summed E-state index contributed by atoms with van der Waals surface area (Å²) in [5, 5.41) is 0. The summed E-state index contributed by atoms with van der Waals surface area (Å²) < 4.78 is 4.88. The molecule has 0 aromatic carbocycles. The van der Waals surface area contributed by atoms with Crippen LogP contribution in [0.25, 0.3) is 0 Å². The van der Waals surface area contributed by atoms with Gasteiger partial charge in [-0.15, -0.1) is 0 Å². The molecule has 3 nitrogen and oxygen atoms in total. The highest BCUT2D eigenvalue weighted by Gasteiger charge is 2.20. The van der Waals surface area contributed by atoms with E-state index >= 15 is 0 Å². The van der Waals surface area contributed by atoms with Gasteiger partial charge in [0.1, 0.15) is 0 Å². The summed E-state index contributed by atoms with van der Waals surface area (Å²) >= 11 is 0. The molecule has 0 bridgehead atoms. The Kier molecular flexibility index (Phi) is 1.48. The van der Waals surface area contributed by atoms with Gasteiger partial charge in [0.15, 0.2) is 0 Å². The molecule has 1 aliphatic rings. The predicted octanol–water partition coefficient (Wildman–Crippen LogP) is -0.168. The van der Waals surface area contributed by atoms with Gasteiger partial charge in [-0.3, -0.25) is 10.5 Å². The van der Waals surface area contributed by atoms with Gasteiger partial charge < -0.3 is 4.74 Å². The summed E-state index contributed by atoms with van der Waals surface area (Å²) in [6, 6.07) is 0. The van der Waals surface area contributed by atoms with Gasteiger partial charge in [0, 0.05) is 6.61 Å². The van der Waals surface area contributed by atoms with E-state index in [1.807, 2.05) is 0 Å². The molecule has 1 aliphatic heterocycles. The molecule has 0 aromatic heterocycles. The number of hydrogen-bond donors (Lipinski definition) is 0. The lowest BCUT2D eigenvalue weighted by molar-refractivity contribution is -0.122. The summed E-state index contributed by atoms with van der Waals surface area (Å²) in [7, 11) is 0. The standard InChI is InChI=1S/C5H8NO2/c6-5(7)4-1-2-8-3-4/h4,6H,1-3H2. The molecule has 0 saturated carbocycles. The molecule has 3 heteroatoms. The number of carbonyl (C=O) groups excluding carboxylic acids is 1. The minimum atomic E-state index is -0.484. The average Bonchev–Trinajstić information content (AvgIpc) is 2.12. The van der Waals surface area contributed by atoms with Crippen LogP contribution in [0.4, 0.5) is 0 Å². The molecule has 1 atom stereocenters. The van der Waals surface area contributed by atoms with Crippen LogP contribution in [0.1, 0.15) is 6.42 Å². The van der Waals surface area contributed by atoms with Crippen LogP contribution in [0, 0.1) is 5.92 Å². The highest BCUT2D eigenvalue weighted by atomic mass is 16.5. The van der Waals surface area contributed by atoms with E-state index in [9.17, 15) is 4.79 Å². The molecule has 0 spiro atoms. The smallest absolute Gasteiger partial charge is 0.243 e. The quantitative estimate of drug-likeness (QED) is 0.475. The Morgan fingerprint density at radius 2 is 2.50 bits per heavy atom. The summed E-state index contributed by atoms with van der Waals surface area (Å²) in [6.45, 7) is 1.11. The summed E-state index contributed by atoms with van der Waals surface area (Å²) in [5.41, 5.74) is 6.66. The summed E-state index contributed by atoms with van der Waals surface area (Å²) in [6.07, 6.45) is 0.738. The molecular formula is C5H8NO2. The zero-order chi connectivity index (χ0) is 5.98. The minimum absolute atomic E-state index is 0.130. The van der Waals surface area contributed by atoms with Crippen LogP contribution in [-0.2, 0) is 9.53 Å². The largest absolute Gasteiger partial charge is 0.381 e. The maximum Gasteiger partial charge on any atom is 0.243 e. The topological polar surface area (TPSA) is 50.1 Å². The highest BCUT2D eigenvalue weighted by Crippen LogP contribution is 2.10. The molecule has 8 heavy (non-hydrogen) atoms. The van der Waals surface area contributed by atoms with E-state index in [-0.39, 0.29) is 5.92 Å². The maximum atomic E-state index is 10.2. The van der Waals surface area contributed by atoms with Crippen LogP contribution in [0.5, 0.6) is 0 Å². The van der Waals surface area contributed by atoms with Crippen LogP contribution in [0.15, 0.2) is 0 Å². The molecule has 1 unspecified atom stereocenters. The number of carbonyl (C=O) groups is 1. The Morgan fingerprint density at radius 3 is 2.75 bits per heavy atom. The van der Waals surface area contributed by atoms with Gasteiger partial charge in [-0.25, -0.2) is 0 Å². The fourth-order valence-electron chi connectivity index (χ4n) is 0.741. The third kappa shape index (κ3) is 0.980. The molecule has 45 valence electrons. The SMILES string of the molecule is [NH]C(=O)C1CCOC1. The maximum absolute atomic E-state index is 10.2. The van der Waals surface area contributed by atoms with Crippen molar-refractivity contribution in [3.63, 3.8) is 0 Å². The highest BCUT2D eigenvalue weighted by molar-refractivity contribution is 5.76. The molecule has 1 radical (unpaired) electrons. The van der Waals surface area contributed by atoms with Crippen molar-refractivity contribution in [2.45, 2.75) is 6.42 Å². The zero-order valence-corrected chi connectivity index (χ0v) is 4.52. The van der Waals surface area contributed by atoms with Crippen molar-refractivity contribution in [3.8, 4) is 0 Å². The van der Waals surface area contributed by atoms with Crippen LogP contribution < -0.4 is 5.73 Å². The van der Waals surface area contributed by atoms with Gasteiger partial charge >= 0.3 is 0 Å². The van der Waals surface area contributed by atoms with E-state index in [1.165, 1.54) is 0 Å². The monoisotopic (exact) mass is 114 g/mol. The van der Waals surface area contributed by atoms with Crippen molar-refractivity contribution < 1.29 is 9.53 Å². The molecule has 1 amide bonds. The fraction of sp³-hybridized carbons (Fsp3) is 0.800. The zero-order valence-electron chi connectivity index (χ0n) is 4.52. The first-order chi connectivity index (χ1) is 3.80. The first kappa shape index (κ1) is 5.56. The second kappa shape index (κ2) is 2.13. The van der Waals surface area contributed by atoms with Crippen LogP contribution in [0.3, 0.4) is 0 Å². The van der Waals surface area contributed by atoms with E-state index in [4.69, 9.17) is 10.5 Å². The Labute approximate surface area is 47.8 Å². The van der Waals surface area contributed by atoms with Crippen LogP contribution >= 0.6 is 0 Å². The van der Waals surface area contributed by atoms with Crippen molar-refractivity contribution in [2.75, 3.05) is 13.2 Å². The Balaban J connectivity index is 2.35. The lowest BCUT2D eigenvalue weighted by atomic mass is 10.1. The van der Waals surface area contributed by atoms with E-state index in [0.29, 0.717) is 13.2 Å². The number of hydrogen-bond acceptors (Lipinski definition) is 2. The predicted molar refractivity (Wildman–Crippen MR) is 27.0 cm³/mol. The van der Waals surface area contributed by atoms with Crippen LogP contribution in [0.2, 0.25) is 0 Å². The van der Waals surface area contributed by atoms with Crippen molar-refractivity contribution in [1.82, 2.24) is 5.73 Å². The number of ether oxygens (including phenoxy) is 1. The normalized spacial score (nSPS) is 28.2. The molecule has 1 saturated heterocycles. The first-order valence-corrected chi connectivity index (χ1v) is 2.64. The Morgan fingerprint density at radius 1 is 1.75 bits per heavy atom. The number of amides is 1. The lowest BCUT2D eigenvalue weighted by Gasteiger charge is -1.95. The van der Waals surface area contributed by atoms with Crippen molar-refractivity contribution in [2.24, 2.45) is 5.92 Å². The van der Waals surface area contributed by atoms with Crippen molar-refractivity contribution in [3.05, 3.63) is 0 Å². The molecule has 1 fully saturated rings. The van der Waals surface area contributed by atoms with Gasteiger partial charge in [-0.2, -0.15) is 0 Å². The minimum Gasteiger partial charge on any atom is -0.381 e. The number of nitrogens with one attached hydrogen (secondary N) is 1. The second-order valence-corrected chi connectivity index (χ2v) is 1.92. The third-order valence-corrected chi connectivity index (χ3v) is 1.30. The summed E-state index contributed by atoms with van der Waals surface area (Å²) in [4.78, 5) is 10.2. The lowest BCUT2D eigenvalue weighted by Crippen LogP contribution is -2.14. The van der Waals surface area contributed by atoms with E-state index in [2.05, 4.69) is 0 Å². The number of rotatable bonds is 1. The molecule has 1 heterocycles. The first-order valence-electron chi connectivity index (χ1n) is 2.64. The van der Waals surface area contributed by atoms with E-state index < -0.39 is 5.91 Å². The van der Waals surface area contributed by atoms with Gasteiger partial charge in [-0.05, 0) is 6.42 Å². The molecular weight excluding hydrogens is 106 g/mol. The van der Waals surface area contributed by atoms with Gasteiger partial charge in [-0.1, -0.05) is 0 Å². The van der Waals surface area contributed by atoms with Crippen molar-refractivity contribution >= 4 is 5.91 Å². The second-order valence-electron chi connectivity index (χ2n) is 1.92. The summed E-state index contributed by atoms with van der Waals surface area (Å²) in [5.74, 6) is -0.613. The van der Waals surface area contributed by atoms with Gasteiger partial charge in [0.05, 0.1) is 12.5 Å². The molecule has 0 aromatic rings. The van der Waals surface area contributed by atoms with E-state index in [0.717, 1.165) is 6.42 Å². The molecule has 0 aliphatic carbocycles. The fourth-order valence-corrected chi connectivity index (χ4v) is 0.741.